The molecule has 1 rings (SSSR count). The van der Waals surface area contributed by atoms with E-state index in [4.69, 9.17) is 14.7 Å². The first-order chi connectivity index (χ1) is 11.4. The average Bonchev–Trinajstić information content (AvgIpc) is 2.58. The van der Waals surface area contributed by atoms with Gasteiger partial charge in [0.2, 0.25) is 0 Å². The Kier molecular flexibility index (Phi) is 7.13. The molecule has 0 saturated carbocycles. The molecule has 130 valence electrons. The predicted molar refractivity (Wildman–Crippen MR) is 84.9 cm³/mol. The molecule has 0 aliphatic heterocycles. The molecule has 0 aliphatic rings. The first kappa shape index (κ1) is 19.4. The summed E-state index contributed by atoms with van der Waals surface area (Å²) in [5.41, 5.74) is 0.145. The number of hydrogen-bond donors (Lipinski definition) is 1. The maximum Gasteiger partial charge on any atom is 0.374 e. The van der Waals surface area contributed by atoms with Crippen LogP contribution in [0.15, 0.2) is 24.3 Å². The lowest BCUT2D eigenvalue weighted by atomic mass is 9.98. The van der Waals surface area contributed by atoms with Gasteiger partial charge >= 0.3 is 17.9 Å². The molecule has 7 heteroatoms. The van der Waals surface area contributed by atoms with Gasteiger partial charge in [0.05, 0.1) is 17.7 Å². The molecule has 0 fully saturated rings. The molecule has 0 amide bonds. The average molecular weight is 336 g/mol. The topological polar surface area (TPSA) is 99.1 Å². The zero-order valence-corrected chi connectivity index (χ0v) is 13.9. The Hall–Kier alpha value is -2.67. The number of rotatable bonds is 7. The van der Waals surface area contributed by atoms with E-state index in [0.717, 1.165) is 0 Å². The highest BCUT2D eigenvalue weighted by molar-refractivity contribution is 6.05. The predicted octanol–water partition coefficient (Wildman–Crippen LogP) is 2.93. The third kappa shape index (κ3) is 4.42. The Morgan fingerprint density at radius 2 is 1.83 bits per heavy atom. The van der Waals surface area contributed by atoms with Crippen LogP contribution in [0.2, 0.25) is 0 Å². The van der Waals surface area contributed by atoms with Crippen LogP contribution >= 0.6 is 0 Å². The van der Waals surface area contributed by atoms with Gasteiger partial charge in [-0.25, -0.2) is 14.4 Å². The summed E-state index contributed by atoms with van der Waals surface area (Å²) in [4.78, 5) is 39.5. The summed E-state index contributed by atoms with van der Waals surface area (Å²) in [6, 6.07) is 2.67. The van der Waals surface area contributed by atoms with Gasteiger partial charge in [-0.1, -0.05) is 20.4 Å². The standard InChI is InChI=1S/C17H20O7/c1-5-9-22-16(19)12-7-8-13(23-15(18)10(3)4)11(6-2)14(12)17(20)24-21/h7-8,21H,3,5-6,9H2,1-2,4H3. The molecular formula is C17H20O7. The zero-order valence-electron chi connectivity index (χ0n) is 13.9. The fourth-order valence-corrected chi connectivity index (χ4v) is 1.98. The Bertz CT molecular complexity index is 661. The number of benzene rings is 1. The molecule has 1 aromatic rings. The fraction of sp³-hybridized carbons (Fsp3) is 0.353. The molecule has 0 atom stereocenters. The van der Waals surface area contributed by atoms with Crippen LogP contribution in [0.1, 0.15) is 53.5 Å². The molecule has 1 aromatic carbocycles. The van der Waals surface area contributed by atoms with Crippen LogP contribution in [0, 0.1) is 0 Å². The van der Waals surface area contributed by atoms with E-state index in [-0.39, 0.29) is 41.0 Å². The second kappa shape index (κ2) is 8.83. The van der Waals surface area contributed by atoms with E-state index in [1.807, 2.05) is 6.92 Å². The van der Waals surface area contributed by atoms with Crippen LogP contribution in [0.5, 0.6) is 5.75 Å². The quantitative estimate of drug-likeness (QED) is 0.269. The molecule has 7 nitrogen and oxygen atoms in total. The van der Waals surface area contributed by atoms with Crippen LogP contribution < -0.4 is 4.74 Å². The summed E-state index contributed by atoms with van der Waals surface area (Å²) in [6.45, 7) is 8.66. The summed E-state index contributed by atoms with van der Waals surface area (Å²) >= 11 is 0. The van der Waals surface area contributed by atoms with Crippen LogP contribution in [0.25, 0.3) is 0 Å². The van der Waals surface area contributed by atoms with Gasteiger partial charge in [0, 0.05) is 11.1 Å². The minimum Gasteiger partial charge on any atom is -0.462 e. The third-order valence-corrected chi connectivity index (χ3v) is 3.12. The molecular weight excluding hydrogens is 316 g/mol. The highest BCUT2D eigenvalue weighted by Gasteiger charge is 2.26. The zero-order chi connectivity index (χ0) is 18.3. The van der Waals surface area contributed by atoms with Crippen molar-refractivity contribution in [2.45, 2.75) is 33.6 Å². The molecule has 0 spiro atoms. The summed E-state index contributed by atoms with van der Waals surface area (Å²) in [5.74, 6) is -2.46. The van der Waals surface area contributed by atoms with Gasteiger partial charge in [0.1, 0.15) is 5.75 Å². The fourth-order valence-electron chi connectivity index (χ4n) is 1.98. The molecule has 0 aliphatic carbocycles. The maximum absolute atomic E-state index is 12.1. The SMILES string of the molecule is C=C(C)C(=O)Oc1ccc(C(=O)OCCC)c(C(=O)OO)c1CC. The highest BCUT2D eigenvalue weighted by atomic mass is 17.1. The minimum atomic E-state index is -1.14. The van der Waals surface area contributed by atoms with Gasteiger partial charge in [0.25, 0.3) is 0 Å². The molecule has 1 N–H and O–H groups in total. The Morgan fingerprint density at radius 3 is 2.33 bits per heavy atom. The van der Waals surface area contributed by atoms with Crippen molar-refractivity contribution in [3.05, 3.63) is 41.0 Å². The molecule has 0 saturated heterocycles. The number of carbonyl (C=O) groups excluding carboxylic acids is 3. The van der Waals surface area contributed by atoms with Gasteiger partial charge in [-0.15, -0.1) is 0 Å². The molecule has 0 bridgehead atoms. The van der Waals surface area contributed by atoms with Crippen molar-refractivity contribution in [1.82, 2.24) is 0 Å². The van der Waals surface area contributed by atoms with E-state index >= 15 is 0 Å². The smallest absolute Gasteiger partial charge is 0.374 e. The molecule has 0 aromatic heterocycles. The Morgan fingerprint density at radius 1 is 1.17 bits per heavy atom. The number of carbonyl (C=O) groups is 3. The summed E-state index contributed by atoms with van der Waals surface area (Å²) in [7, 11) is 0. The summed E-state index contributed by atoms with van der Waals surface area (Å²) < 4.78 is 10.2. The highest BCUT2D eigenvalue weighted by Crippen LogP contribution is 2.28. The van der Waals surface area contributed by atoms with Crippen LogP contribution in [-0.4, -0.2) is 29.8 Å². The molecule has 0 heterocycles. The minimum absolute atomic E-state index is 0.0746. The normalized spacial score (nSPS) is 10.0. The van der Waals surface area contributed by atoms with E-state index in [0.29, 0.717) is 6.42 Å². The monoisotopic (exact) mass is 336 g/mol. The summed E-state index contributed by atoms with van der Waals surface area (Å²) in [5, 5.41) is 8.73. The number of hydrogen-bond acceptors (Lipinski definition) is 7. The number of ether oxygens (including phenoxy) is 2. The van der Waals surface area contributed by atoms with Gasteiger partial charge in [-0.2, -0.15) is 5.26 Å². The lowest BCUT2D eigenvalue weighted by molar-refractivity contribution is -0.183. The lowest BCUT2D eigenvalue weighted by Crippen LogP contribution is -2.18. The van der Waals surface area contributed by atoms with Crippen molar-refractivity contribution >= 4 is 17.9 Å². The van der Waals surface area contributed by atoms with Crippen LogP contribution in [0.4, 0.5) is 0 Å². The first-order valence-corrected chi connectivity index (χ1v) is 7.43. The largest absolute Gasteiger partial charge is 0.462 e. The van der Waals surface area contributed by atoms with Crippen molar-refractivity contribution in [3.8, 4) is 5.75 Å². The molecule has 24 heavy (non-hydrogen) atoms. The van der Waals surface area contributed by atoms with Gasteiger partial charge < -0.3 is 9.47 Å². The second-order valence-corrected chi connectivity index (χ2v) is 5.00. The third-order valence-electron chi connectivity index (χ3n) is 3.12. The second-order valence-electron chi connectivity index (χ2n) is 5.00. The summed E-state index contributed by atoms with van der Waals surface area (Å²) in [6.07, 6.45) is 0.860. The van der Waals surface area contributed by atoms with Gasteiger partial charge in [0.15, 0.2) is 0 Å². The van der Waals surface area contributed by atoms with Crippen LogP contribution in [0.3, 0.4) is 0 Å². The van der Waals surface area contributed by atoms with Crippen LogP contribution in [-0.2, 0) is 20.8 Å². The van der Waals surface area contributed by atoms with Gasteiger partial charge in [-0.3, -0.25) is 4.89 Å². The van der Waals surface area contributed by atoms with Crippen molar-refractivity contribution in [1.29, 1.82) is 0 Å². The van der Waals surface area contributed by atoms with Gasteiger partial charge in [-0.05, 0) is 31.9 Å². The van der Waals surface area contributed by atoms with Crippen molar-refractivity contribution in [2.24, 2.45) is 0 Å². The van der Waals surface area contributed by atoms with E-state index in [2.05, 4.69) is 11.5 Å². The lowest BCUT2D eigenvalue weighted by Gasteiger charge is -2.15. The Labute approximate surface area is 139 Å². The number of esters is 2. The van der Waals surface area contributed by atoms with E-state index in [1.165, 1.54) is 19.1 Å². The first-order valence-electron chi connectivity index (χ1n) is 7.43. The molecule has 0 radical (unpaired) electrons. The van der Waals surface area contributed by atoms with E-state index < -0.39 is 17.9 Å². The maximum atomic E-state index is 12.1. The van der Waals surface area contributed by atoms with Crippen molar-refractivity contribution in [3.63, 3.8) is 0 Å². The van der Waals surface area contributed by atoms with E-state index in [1.54, 1.807) is 6.92 Å². The molecule has 0 unspecified atom stereocenters. The van der Waals surface area contributed by atoms with E-state index in [9.17, 15) is 14.4 Å². The van der Waals surface area contributed by atoms with Crippen molar-refractivity contribution < 1.29 is 34.0 Å². The Balaban J connectivity index is 3.42. The van der Waals surface area contributed by atoms with Crippen molar-refractivity contribution in [2.75, 3.05) is 6.61 Å².